The Balaban J connectivity index is 0.000000232. The van der Waals surface area contributed by atoms with Crippen molar-refractivity contribution in [3.8, 4) is 0 Å². The Morgan fingerprint density at radius 2 is 1.61 bits per heavy atom. The molecule has 0 radical (unpaired) electrons. The number of hydrogen-bond donors (Lipinski definition) is 3. The number of likely N-dealkylation sites (N-methyl/N-ethyl adjacent to an activating group) is 1. The van der Waals surface area contributed by atoms with E-state index in [2.05, 4.69) is 24.1 Å². The van der Waals surface area contributed by atoms with E-state index in [-0.39, 0.29) is 22.0 Å². The predicted octanol–water partition coefficient (Wildman–Crippen LogP) is 4.65. The lowest BCUT2D eigenvalue weighted by Gasteiger charge is -2.28. The average Bonchev–Trinajstić information content (AvgIpc) is 2.88. The molecule has 0 saturated carbocycles. The van der Waals surface area contributed by atoms with Crippen molar-refractivity contribution < 1.29 is 28.2 Å². The van der Waals surface area contributed by atoms with E-state index in [9.17, 15) is 23.1 Å². The maximum absolute atomic E-state index is 12.5. The summed E-state index contributed by atoms with van der Waals surface area (Å²) in [4.78, 5) is 27.1. The summed E-state index contributed by atoms with van der Waals surface area (Å²) >= 11 is 0. The molecule has 38 heavy (non-hydrogen) atoms. The summed E-state index contributed by atoms with van der Waals surface area (Å²) in [6.07, 6.45) is 2.53. The molecule has 0 saturated heterocycles. The van der Waals surface area contributed by atoms with Gasteiger partial charge in [-0.3, -0.25) is 13.9 Å². The number of fused-ring (bicyclic) bond motifs is 1. The largest absolute Gasteiger partial charge is 0.505 e. The zero-order valence-corrected chi connectivity index (χ0v) is 22.4. The Morgan fingerprint density at radius 1 is 0.974 bits per heavy atom. The van der Waals surface area contributed by atoms with Crippen LogP contribution in [0.3, 0.4) is 0 Å². The molecule has 200 valence electrons. The number of aliphatic hydroxyl groups is 1. The number of amides is 1. The first-order valence-electron chi connectivity index (χ1n) is 12.0. The molecule has 0 bridgehead atoms. The average molecular weight is 538 g/mol. The van der Waals surface area contributed by atoms with Gasteiger partial charge in [-0.15, -0.1) is 0 Å². The van der Waals surface area contributed by atoms with Gasteiger partial charge in [-0.2, -0.15) is 0 Å². The number of carbonyl (C=O) groups excluding carboxylic acids is 1. The topological polar surface area (TPSA) is 137 Å². The number of hydrogen-bond acceptors (Lipinski definition) is 6. The normalized spacial score (nSPS) is 14.7. The molecule has 0 fully saturated rings. The van der Waals surface area contributed by atoms with Gasteiger partial charge in [0.15, 0.2) is 11.5 Å². The van der Waals surface area contributed by atoms with Crippen LogP contribution in [0.25, 0.3) is 5.76 Å². The molecule has 1 aliphatic heterocycles. The van der Waals surface area contributed by atoms with Crippen molar-refractivity contribution in [2.45, 2.75) is 38.0 Å². The molecule has 2 aromatic carbocycles. The van der Waals surface area contributed by atoms with Crippen molar-refractivity contribution in [1.29, 1.82) is 0 Å². The summed E-state index contributed by atoms with van der Waals surface area (Å²) in [5.41, 5.74) is 1.88. The van der Waals surface area contributed by atoms with Crippen molar-refractivity contribution in [2.24, 2.45) is 5.92 Å². The van der Waals surface area contributed by atoms with E-state index < -0.39 is 33.6 Å². The quantitative estimate of drug-likeness (QED) is 0.416. The summed E-state index contributed by atoms with van der Waals surface area (Å²) in [6.45, 7) is 6.06. The molecule has 1 atom stereocenters. The van der Waals surface area contributed by atoms with Crippen LogP contribution >= 0.6 is 0 Å². The van der Waals surface area contributed by atoms with Gasteiger partial charge in [0.2, 0.25) is 0 Å². The molecule has 10 heteroatoms. The second-order valence-electron chi connectivity index (χ2n) is 9.23. The Kier molecular flexibility index (Phi) is 8.90. The SMILES string of the molecule is CC(C)Cc1ccc(C(C)C(=O)O)cc1.CN1C(C(=O)Nc2ccccn2)=C(O)c2ccccc2S1(=O)=O. The van der Waals surface area contributed by atoms with Crippen LogP contribution in [-0.4, -0.2) is 46.8 Å². The molecule has 0 aliphatic carbocycles. The number of aliphatic hydroxyl groups excluding tert-OH is 1. The number of carboxylic acid groups (broad SMARTS) is 1. The Hall–Kier alpha value is -4.18. The van der Waals surface area contributed by atoms with Gasteiger partial charge in [0.1, 0.15) is 5.82 Å². The van der Waals surface area contributed by atoms with Crippen molar-refractivity contribution in [3.63, 3.8) is 0 Å². The molecular weight excluding hydrogens is 506 g/mol. The highest BCUT2D eigenvalue weighted by Crippen LogP contribution is 2.34. The predicted molar refractivity (Wildman–Crippen MR) is 145 cm³/mol. The van der Waals surface area contributed by atoms with Gasteiger partial charge in [-0.1, -0.05) is 56.3 Å². The number of pyridine rings is 1. The summed E-state index contributed by atoms with van der Waals surface area (Å²) in [5.74, 6) is -1.46. The fourth-order valence-corrected chi connectivity index (χ4v) is 5.25. The number of nitrogens with zero attached hydrogens (tertiary/aromatic N) is 2. The fourth-order valence-electron chi connectivity index (χ4n) is 3.85. The van der Waals surface area contributed by atoms with Gasteiger partial charge in [0.25, 0.3) is 15.9 Å². The van der Waals surface area contributed by atoms with Crippen LogP contribution in [0.1, 0.15) is 43.4 Å². The van der Waals surface area contributed by atoms with E-state index in [1.165, 1.54) is 30.9 Å². The van der Waals surface area contributed by atoms with E-state index in [0.717, 1.165) is 16.3 Å². The number of sulfonamides is 1. The van der Waals surface area contributed by atoms with Crippen LogP contribution in [0.2, 0.25) is 0 Å². The van der Waals surface area contributed by atoms with E-state index in [1.54, 1.807) is 37.3 Å². The van der Waals surface area contributed by atoms with Crippen molar-refractivity contribution in [1.82, 2.24) is 9.29 Å². The van der Waals surface area contributed by atoms with E-state index in [4.69, 9.17) is 5.11 Å². The van der Waals surface area contributed by atoms with Gasteiger partial charge in [-0.05, 0) is 54.7 Å². The first kappa shape index (κ1) is 28.4. The molecule has 4 rings (SSSR count). The zero-order valence-electron chi connectivity index (χ0n) is 21.6. The summed E-state index contributed by atoms with van der Waals surface area (Å²) in [7, 11) is -2.69. The standard InChI is InChI=1S/C15H13N3O4S.C13H18O2/c1-18-13(15(20)17-12-8-4-5-9-16-12)14(19)10-6-2-3-7-11(10)23(18,21)22;1-9(2)8-11-4-6-12(7-5-11)10(3)13(14)15/h2-9,19H,1H3,(H,16,17,20);4-7,9-10H,8H2,1-3H3,(H,14,15). The van der Waals surface area contributed by atoms with E-state index in [1.807, 2.05) is 24.3 Å². The molecule has 1 amide bonds. The van der Waals surface area contributed by atoms with Gasteiger partial charge in [0, 0.05) is 18.8 Å². The number of carboxylic acids is 1. The highest BCUT2D eigenvalue weighted by Gasteiger charge is 2.37. The van der Waals surface area contributed by atoms with Crippen molar-refractivity contribution >= 4 is 33.5 Å². The third kappa shape index (κ3) is 6.38. The number of benzene rings is 2. The minimum atomic E-state index is -3.91. The van der Waals surface area contributed by atoms with Crippen LogP contribution in [-0.2, 0) is 26.0 Å². The highest BCUT2D eigenvalue weighted by atomic mass is 32.2. The summed E-state index contributed by atoms with van der Waals surface area (Å²) < 4.78 is 25.8. The molecule has 0 spiro atoms. The number of rotatable bonds is 6. The zero-order chi connectivity index (χ0) is 28.0. The number of nitrogens with one attached hydrogen (secondary N) is 1. The molecule has 1 aliphatic rings. The van der Waals surface area contributed by atoms with Crippen LogP contribution < -0.4 is 5.32 Å². The third-order valence-electron chi connectivity index (χ3n) is 5.94. The number of aliphatic carboxylic acids is 1. The summed E-state index contributed by atoms with van der Waals surface area (Å²) in [5, 5.41) is 21.7. The molecule has 9 nitrogen and oxygen atoms in total. The van der Waals surface area contributed by atoms with Crippen molar-refractivity contribution in [2.75, 3.05) is 12.4 Å². The van der Waals surface area contributed by atoms with Gasteiger partial charge >= 0.3 is 5.97 Å². The second kappa shape index (κ2) is 11.9. The minimum Gasteiger partial charge on any atom is -0.505 e. The molecule has 2 heterocycles. The molecule has 3 N–H and O–H groups in total. The first-order chi connectivity index (χ1) is 17.9. The lowest BCUT2D eigenvalue weighted by molar-refractivity contribution is -0.138. The lowest BCUT2D eigenvalue weighted by atomic mass is 9.97. The molecule has 1 unspecified atom stereocenters. The van der Waals surface area contributed by atoms with Crippen LogP contribution in [0.4, 0.5) is 5.82 Å². The molecule has 3 aromatic rings. The number of anilines is 1. The Morgan fingerprint density at radius 3 is 2.18 bits per heavy atom. The Bertz CT molecular complexity index is 1430. The number of carbonyl (C=O) groups is 2. The van der Waals surface area contributed by atoms with Gasteiger partial charge in [0.05, 0.1) is 10.8 Å². The van der Waals surface area contributed by atoms with E-state index in [0.29, 0.717) is 5.92 Å². The van der Waals surface area contributed by atoms with Crippen LogP contribution in [0.5, 0.6) is 0 Å². The second-order valence-corrected chi connectivity index (χ2v) is 11.2. The summed E-state index contributed by atoms with van der Waals surface area (Å²) in [6, 6.07) is 18.7. The lowest BCUT2D eigenvalue weighted by Crippen LogP contribution is -2.37. The molecular formula is C28H31N3O6S. The smallest absolute Gasteiger partial charge is 0.310 e. The maximum atomic E-state index is 12.5. The minimum absolute atomic E-state index is 0.0469. The molecule has 1 aromatic heterocycles. The van der Waals surface area contributed by atoms with Gasteiger partial charge < -0.3 is 15.5 Å². The van der Waals surface area contributed by atoms with Gasteiger partial charge in [-0.25, -0.2) is 13.4 Å². The number of aromatic nitrogens is 1. The van der Waals surface area contributed by atoms with E-state index >= 15 is 0 Å². The third-order valence-corrected chi connectivity index (χ3v) is 7.75. The fraction of sp³-hybridized carbons (Fsp3) is 0.250. The Labute approximate surface area is 222 Å². The maximum Gasteiger partial charge on any atom is 0.310 e. The monoisotopic (exact) mass is 537 g/mol. The van der Waals surface area contributed by atoms with Crippen LogP contribution in [0, 0.1) is 5.92 Å². The highest BCUT2D eigenvalue weighted by molar-refractivity contribution is 7.89. The first-order valence-corrected chi connectivity index (χ1v) is 13.4. The van der Waals surface area contributed by atoms with Crippen LogP contribution in [0.15, 0.2) is 83.5 Å². The van der Waals surface area contributed by atoms with Crippen molar-refractivity contribution in [3.05, 3.63) is 95.3 Å².